The van der Waals surface area contributed by atoms with Crippen molar-refractivity contribution in [3.63, 3.8) is 0 Å². The van der Waals surface area contributed by atoms with E-state index in [0.717, 1.165) is 36.1 Å². The lowest BCUT2D eigenvalue weighted by molar-refractivity contribution is -0.147. The Kier molecular flexibility index (Phi) is 13.5. The average molecular weight is 482 g/mol. The van der Waals surface area contributed by atoms with Gasteiger partial charge in [0.25, 0.3) is 0 Å². The molecule has 0 aliphatic heterocycles. The number of aliphatic carboxylic acids is 1. The van der Waals surface area contributed by atoms with Gasteiger partial charge in [-0.2, -0.15) is 24.4 Å². The van der Waals surface area contributed by atoms with Crippen molar-refractivity contribution in [2.45, 2.75) is 64.0 Å². The van der Waals surface area contributed by atoms with Crippen LogP contribution in [-0.2, 0) is 16.0 Å². The van der Waals surface area contributed by atoms with Crippen LogP contribution in [0.3, 0.4) is 0 Å². The number of carbonyl (C=O) groups excluding carboxylic acids is 1. The number of allylic oxidation sites excluding steroid dienone is 1. The Morgan fingerprint density at radius 2 is 2.09 bits per heavy atom. The highest BCUT2D eigenvalue weighted by Crippen LogP contribution is 2.26. The summed E-state index contributed by atoms with van der Waals surface area (Å²) in [5.41, 5.74) is 7.35. The molecule has 2 atom stereocenters. The lowest BCUT2D eigenvalue weighted by Gasteiger charge is -2.31. The molecule has 1 aromatic carbocycles. The van der Waals surface area contributed by atoms with Crippen molar-refractivity contribution in [1.29, 1.82) is 0 Å². The van der Waals surface area contributed by atoms with E-state index in [9.17, 15) is 14.7 Å². The summed E-state index contributed by atoms with van der Waals surface area (Å²) in [6, 6.07) is 5.70. The van der Waals surface area contributed by atoms with Gasteiger partial charge in [-0.15, -0.1) is 0 Å². The molecule has 1 aromatic rings. The molecule has 0 radical (unpaired) electrons. The number of anilines is 1. The van der Waals surface area contributed by atoms with Crippen LogP contribution >= 0.6 is 24.4 Å². The molecule has 0 heterocycles. The van der Waals surface area contributed by atoms with Crippen molar-refractivity contribution in [3.8, 4) is 0 Å². The Bertz CT molecular complexity index is 758. The number of unbranched alkanes of at least 4 members (excludes halogenated alkanes) is 2. The van der Waals surface area contributed by atoms with Gasteiger partial charge >= 0.3 is 5.97 Å². The fraction of sp³-hybridized carbons (Fsp3) is 0.583. The van der Waals surface area contributed by atoms with E-state index in [1.54, 1.807) is 11.8 Å². The molecule has 0 saturated carbocycles. The Labute approximate surface area is 202 Å². The summed E-state index contributed by atoms with van der Waals surface area (Å²) >= 11 is 5.78. The van der Waals surface area contributed by atoms with Crippen LogP contribution in [0.25, 0.3) is 0 Å². The SMILES string of the molecule is CCCC/C=C/CC(=O)N[C@@](CCSC)(Cc1cccc(NC[C@@H](N)CS)c1C)C(=O)O. The average Bonchev–Trinajstić information content (AvgIpc) is 2.77. The highest BCUT2D eigenvalue weighted by molar-refractivity contribution is 7.98. The largest absolute Gasteiger partial charge is 0.479 e. The summed E-state index contributed by atoms with van der Waals surface area (Å²) in [5.74, 6) is -0.0774. The highest BCUT2D eigenvalue weighted by atomic mass is 32.2. The minimum Gasteiger partial charge on any atom is -0.479 e. The number of amides is 1. The number of benzene rings is 1. The van der Waals surface area contributed by atoms with Crippen molar-refractivity contribution in [3.05, 3.63) is 41.5 Å². The van der Waals surface area contributed by atoms with E-state index < -0.39 is 11.5 Å². The number of nitrogens with two attached hydrogens (primary N) is 1. The summed E-state index contributed by atoms with van der Waals surface area (Å²) in [7, 11) is 0. The Morgan fingerprint density at radius 3 is 2.72 bits per heavy atom. The molecule has 180 valence electrons. The van der Waals surface area contributed by atoms with Crippen LogP contribution in [-0.4, -0.2) is 52.9 Å². The number of carboxylic acids is 1. The lowest BCUT2D eigenvalue weighted by atomic mass is 9.85. The first kappa shape index (κ1) is 28.4. The second-order valence-corrected chi connectivity index (χ2v) is 9.44. The third-order valence-electron chi connectivity index (χ3n) is 5.44. The normalized spacial score (nSPS) is 14.2. The summed E-state index contributed by atoms with van der Waals surface area (Å²) in [4.78, 5) is 25.1. The zero-order chi connectivity index (χ0) is 24.0. The molecule has 6 nitrogen and oxygen atoms in total. The molecule has 0 bridgehead atoms. The van der Waals surface area contributed by atoms with Crippen LogP contribution in [0, 0.1) is 6.92 Å². The van der Waals surface area contributed by atoms with E-state index in [1.807, 2.05) is 43.5 Å². The van der Waals surface area contributed by atoms with Crippen LogP contribution < -0.4 is 16.4 Å². The van der Waals surface area contributed by atoms with Crippen molar-refractivity contribution < 1.29 is 14.7 Å². The van der Waals surface area contributed by atoms with Gasteiger partial charge in [-0.25, -0.2) is 4.79 Å². The van der Waals surface area contributed by atoms with Crippen LogP contribution in [0.15, 0.2) is 30.4 Å². The molecule has 1 amide bonds. The van der Waals surface area contributed by atoms with E-state index >= 15 is 0 Å². The van der Waals surface area contributed by atoms with Crippen LogP contribution in [0.4, 0.5) is 5.69 Å². The van der Waals surface area contributed by atoms with Crippen molar-refractivity contribution in [2.75, 3.05) is 29.6 Å². The molecular formula is C24H39N3O3S2. The van der Waals surface area contributed by atoms with E-state index in [1.165, 1.54) is 0 Å². The Hall–Kier alpha value is -1.64. The molecule has 0 saturated heterocycles. The molecule has 1 rings (SSSR count). The number of thioether (sulfide) groups is 1. The molecule has 5 N–H and O–H groups in total. The van der Waals surface area contributed by atoms with E-state index in [0.29, 0.717) is 24.5 Å². The van der Waals surface area contributed by atoms with Gasteiger partial charge in [0.15, 0.2) is 0 Å². The van der Waals surface area contributed by atoms with E-state index in [-0.39, 0.29) is 24.8 Å². The summed E-state index contributed by atoms with van der Waals surface area (Å²) in [6.07, 6.45) is 9.59. The van der Waals surface area contributed by atoms with Gasteiger partial charge in [0, 0.05) is 36.9 Å². The molecule has 0 aliphatic carbocycles. The predicted molar refractivity (Wildman–Crippen MR) is 140 cm³/mol. The lowest BCUT2D eigenvalue weighted by Crippen LogP contribution is -2.56. The van der Waals surface area contributed by atoms with Gasteiger partial charge in [0.1, 0.15) is 5.54 Å². The van der Waals surface area contributed by atoms with Gasteiger partial charge in [0.2, 0.25) is 5.91 Å². The molecule has 0 unspecified atom stereocenters. The number of rotatable bonds is 16. The van der Waals surface area contributed by atoms with Crippen LogP contribution in [0.2, 0.25) is 0 Å². The number of thiol groups is 1. The van der Waals surface area contributed by atoms with Crippen molar-refractivity contribution >= 4 is 42.0 Å². The standard InChI is InChI=1S/C24H39N3O3S2/c1-4-5-6-7-8-12-22(28)27-24(23(29)30,13-14-32-3)15-19-10-9-11-21(18(19)2)26-16-20(25)17-31/h7-11,20,26,31H,4-6,12-17,25H2,1-3H3,(H,27,28)(H,29,30)/b8-7+/t20-,24+/m1/s1. The summed E-state index contributed by atoms with van der Waals surface area (Å²) in [5, 5.41) is 16.4. The first-order valence-corrected chi connectivity index (χ1v) is 13.2. The number of hydrogen-bond acceptors (Lipinski definition) is 6. The van der Waals surface area contributed by atoms with Crippen LogP contribution in [0.1, 0.15) is 50.2 Å². The monoisotopic (exact) mass is 481 g/mol. The van der Waals surface area contributed by atoms with Crippen LogP contribution in [0.5, 0.6) is 0 Å². The maximum atomic E-state index is 12.6. The molecule has 8 heteroatoms. The molecule has 32 heavy (non-hydrogen) atoms. The topological polar surface area (TPSA) is 104 Å². The Balaban J connectivity index is 3.07. The van der Waals surface area contributed by atoms with Crippen molar-refractivity contribution in [2.24, 2.45) is 5.73 Å². The smallest absolute Gasteiger partial charge is 0.329 e. The maximum Gasteiger partial charge on any atom is 0.329 e. The zero-order valence-corrected chi connectivity index (χ0v) is 21.2. The zero-order valence-electron chi connectivity index (χ0n) is 19.5. The molecule has 0 aliphatic rings. The van der Waals surface area contributed by atoms with E-state index in [2.05, 4.69) is 30.2 Å². The van der Waals surface area contributed by atoms with Gasteiger partial charge in [0.05, 0.1) is 0 Å². The second kappa shape index (κ2) is 15.2. The molecule has 0 fully saturated rings. The first-order valence-electron chi connectivity index (χ1n) is 11.2. The van der Waals surface area contributed by atoms with Crippen molar-refractivity contribution in [1.82, 2.24) is 5.32 Å². The quantitative estimate of drug-likeness (QED) is 0.139. The molecule has 0 aromatic heterocycles. The second-order valence-electron chi connectivity index (χ2n) is 8.09. The highest BCUT2D eigenvalue weighted by Gasteiger charge is 2.40. The third kappa shape index (κ3) is 9.46. The number of carboxylic acid groups (broad SMARTS) is 1. The number of carbonyl (C=O) groups is 2. The summed E-state index contributed by atoms with van der Waals surface area (Å²) in [6.45, 7) is 4.66. The fourth-order valence-electron chi connectivity index (χ4n) is 3.35. The minimum atomic E-state index is -1.36. The third-order valence-corrected chi connectivity index (χ3v) is 6.52. The number of hydrogen-bond donors (Lipinski definition) is 5. The Morgan fingerprint density at radius 1 is 1.34 bits per heavy atom. The summed E-state index contributed by atoms with van der Waals surface area (Å²) < 4.78 is 0. The number of nitrogens with one attached hydrogen (secondary N) is 2. The maximum absolute atomic E-state index is 12.6. The van der Waals surface area contributed by atoms with Gasteiger partial charge in [-0.1, -0.05) is 44.1 Å². The fourth-order valence-corrected chi connectivity index (χ4v) is 4.03. The minimum absolute atomic E-state index is 0.0780. The van der Waals surface area contributed by atoms with E-state index in [4.69, 9.17) is 5.73 Å². The van der Waals surface area contributed by atoms with Gasteiger partial charge in [-0.05, 0) is 49.0 Å². The molecule has 0 spiro atoms. The molecular weight excluding hydrogens is 442 g/mol. The van der Waals surface area contributed by atoms with Gasteiger partial charge in [-0.3, -0.25) is 4.79 Å². The van der Waals surface area contributed by atoms with Gasteiger partial charge < -0.3 is 21.5 Å². The first-order chi connectivity index (χ1) is 15.3. The predicted octanol–water partition coefficient (Wildman–Crippen LogP) is 4.04.